The Kier molecular flexibility index (Phi) is 6.15. The molecule has 30 heavy (non-hydrogen) atoms. The molecule has 0 radical (unpaired) electrons. The zero-order valence-corrected chi connectivity index (χ0v) is 18.0. The molecule has 1 aliphatic heterocycles. The molecule has 0 saturated carbocycles. The van der Waals surface area contributed by atoms with Gasteiger partial charge in [-0.05, 0) is 53.7 Å². The molecular weight excluding hydrogens is 466 g/mol. The first-order valence-corrected chi connectivity index (χ1v) is 10.6. The molecule has 6 nitrogen and oxygen atoms in total. The lowest BCUT2D eigenvalue weighted by Gasteiger charge is -2.12. The smallest absolute Gasteiger partial charge is 0.267 e. The Morgan fingerprint density at radius 3 is 2.63 bits per heavy atom. The van der Waals surface area contributed by atoms with Crippen LogP contribution in [-0.2, 0) is 11.3 Å². The summed E-state index contributed by atoms with van der Waals surface area (Å²) < 4.78 is 6.37. The molecule has 0 spiro atoms. The van der Waals surface area contributed by atoms with Gasteiger partial charge in [-0.15, -0.1) is 5.10 Å². The maximum Gasteiger partial charge on any atom is 0.267 e. The highest BCUT2D eigenvalue weighted by molar-refractivity contribution is 9.10. The number of nitrogens with zero attached hydrogens (tertiary/aromatic N) is 3. The van der Waals surface area contributed by atoms with Gasteiger partial charge in [-0.2, -0.15) is 5.10 Å². The van der Waals surface area contributed by atoms with E-state index in [4.69, 9.17) is 4.42 Å². The van der Waals surface area contributed by atoms with Crippen LogP contribution in [0.1, 0.15) is 16.9 Å². The van der Waals surface area contributed by atoms with Gasteiger partial charge in [-0.1, -0.05) is 46.3 Å². The van der Waals surface area contributed by atoms with Crippen molar-refractivity contribution in [1.29, 1.82) is 0 Å². The number of benzene rings is 2. The topological polar surface area (TPSA) is 78.4 Å². The van der Waals surface area contributed by atoms with Crippen LogP contribution in [0.2, 0.25) is 0 Å². The summed E-state index contributed by atoms with van der Waals surface area (Å²) in [5.74, 6) is 0.518. The van der Waals surface area contributed by atoms with Crippen molar-refractivity contribution in [3.8, 4) is 5.75 Å². The summed E-state index contributed by atoms with van der Waals surface area (Å²) in [5.41, 5.74) is 1.45. The van der Waals surface area contributed by atoms with Crippen molar-refractivity contribution < 1.29 is 14.3 Å². The first kappa shape index (κ1) is 20.2. The number of furan rings is 1. The van der Waals surface area contributed by atoms with Crippen molar-refractivity contribution in [3.63, 3.8) is 0 Å². The molecular formula is C22H16BrN3O3S. The molecule has 1 fully saturated rings. The molecule has 8 heteroatoms. The Bertz CT molecular complexity index is 1140. The summed E-state index contributed by atoms with van der Waals surface area (Å²) in [7, 11) is 0. The zero-order valence-electron chi connectivity index (χ0n) is 15.6. The Morgan fingerprint density at radius 2 is 1.90 bits per heavy atom. The van der Waals surface area contributed by atoms with E-state index in [1.54, 1.807) is 55.0 Å². The van der Waals surface area contributed by atoms with Gasteiger partial charge >= 0.3 is 0 Å². The second-order valence-corrected chi connectivity index (χ2v) is 8.24. The van der Waals surface area contributed by atoms with Crippen molar-refractivity contribution in [3.05, 3.63) is 93.2 Å². The lowest BCUT2D eigenvalue weighted by atomic mass is 10.2. The molecule has 0 aliphatic carbocycles. The second-order valence-electron chi connectivity index (χ2n) is 6.32. The third kappa shape index (κ3) is 4.72. The summed E-state index contributed by atoms with van der Waals surface area (Å²) in [6.07, 6.45) is 4.84. The standard InChI is InChI=1S/C22H16BrN3O3S/c23-17-9-7-15(8-10-17)13-24-25-22-26(14-18-5-3-11-29-18)21(28)20(30-22)12-16-4-1-2-6-19(16)27/h1-13,27H,14H2/b20-12-,24-13+,25-22-. The van der Waals surface area contributed by atoms with Crippen LogP contribution < -0.4 is 0 Å². The molecule has 2 aromatic carbocycles. The number of amidine groups is 1. The van der Waals surface area contributed by atoms with E-state index < -0.39 is 0 Å². The van der Waals surface area contributed by atoms with Crippen LogP contribution in [0.15, 0.2) is 90.9 Å². The van der Waals surface area contributed by atoms with Crippen molar-refractivity contribution in [2.45, 2.75) is 6.54 Å². The molecule has 1 saturated heterocycles. The summed E-state index contributed by atoms with van der Waals surface area (Å²) in [5, 5.41) is 18.9. The quantitative estimate of drug-likeness (QED) is 0.306. The minimum absolute atomic E-state index is 0.106. The molecule has 4 rings (SSSR count). The zero-order chi connectivity index (χ0) is 20.9. The Labute approximate surface area is 185 Å². The van der Waals surface area contributed by atoms with Crippen LogP contribution in [0.5, 0.6) is 5.75 Å². The molecule has 3 aromatic rings. The number of phenols is 1. The summed E-state index contributed by atoms with van der Waals surface area (Å²) in [6, 6.07) is 18.1. The molecule has 1 aromatic heterocycles. The highest BCUT2D eigenvalue weighted by atomic mass is 79.9. The maximum atomic E-state index is 13.0. The van der Waals surface area contributed by atoms with E-state index in [0.29, 0.717) is 21.4 Å². The Hall–Kier alpha value is -3.10. The van der Waals surface area contributed by atoms with Crippen LogP contribution in [0.3, 0.4) is 0 Å². The molecule has 0 unspecified atom stereocenters. The average Bonchev–Trinajstić information content (AvgIpc) is 3.35. The van der Waals surface area contributed by atoms with Gasteiger partial charge in [0.05, 0.1) is 23.9 Å². The fraction of sp³-hybridized carbons (Fsp3) is 0.0455. The van der Waals surface area contributed by atoms with Gasteiger partial charge in [0, 0.05) is 10.0 Å². The third-order valence-electron chi connectivity index (χ3n) is 4.23. The number of carbonyl (C=O) groups excluding carboxylic acids is 1. The number of thioether (sulfide) groups is 1. The van der Waals surface area contributed by atoms with Crippen molar-refractivity contribution >= 4 is 51.1 Å². The fourth-order valence-corrected chi connectivity index (χ4v) is 3.92. The molecule has 0 bridgehead atoms. The van der Waals surface area contributed by atoms with Crippen LogP contribution in [0.4, 0.5) is 0 Å². The highest BCUT2D eigenvalue weighted by Gasteiger charge is 2.34. The molecule has 1 N–H and O–H groups in total. The molecule has 0 atom stereocenters. The number of amides is 1. The van der Waals surface area contributed by atoms with Gasteiger partial charge in [0.25, 0.3) is 5.91 Å². The van der Waals surface area contributed by atoms with E-state index in [9.17, 15) is 9.90 Å². The number of carbonyl (C=O) groups is 1. The molecule has 2 heterocycles. The van der Waals surface area contributed by atoms with Gasteiger partial charge in [-0.3, -0.25) is 9.69 Å². The third-order valence-corrected chi connectivity index (χ3v) is 5.75. The number of hydrogen-bond acceptors (Lipinski definition) is 6. The summed E-state index contributed by atoms with van der Waals surface area (Å²) in [6.45, 7) is 0.240. The number of hydrogen-bond donors (Lipinski definition) is 1. The van der Waals surface area contributed by atoms with Crippen LogP contribution in [-0.4, -0.2) is 27.3 Å². The van der Waals surface area contributed by atoms with Gasteiger partial charge in [-0.25, -0.2) is 0 Å². The van der Waals surface area contributed by atoms with Crippen LogP contribution in [0, 0.1) is 0 Å². The van der Waals surface area contributed by atoms with Gasteiger partial charge in [0.1, 0.15) is 11.5 Å². The molecule has 1 amide bonds. The number of aromatic hydroxyl groups is 1. The number of phenolic OH excluding ortho intramolecular Hbond substituents is 1. The number of halogens is 1. The van der Waals surface area contributed by atoms with Gasteiger partial charge < -0.3 is 9.52 Å². The Balaban J connectivity index is 1.63. The number of para-hydroxylation sites is 1. The van der Waals surface area contributed by atoms with E-state index in [2.05, 4.69) is 26.1 Å². The van der Waals surface area contributed by atoms with Crippen LogP contribution >= 0.6 is 27.7 Å². The van der Waals surface area contributed by atoms with E-state index in [1.165, 1.54) is 16.7 Å². The monoisotopic (exact) mass is 481 g/mol. The first-order chi connectivity index (χ1) is 14.6. The van der Waals surface area contributed by atoms with Gasteiger partial charge in [0.15, 0.2) is 5.17 Å². The molecule has 150 valence electrons. The number of rotatable bonds is 5. The first-order valence-electron chi connectivity index (χ1n) is 8.98. The fourth-order valence-electron chi connectivity index (χ4n) is 2.72. The minimum atomic E-state index is -0.225. The predicted octanol–water partition coefficient (Wildman–Crippen LogP) is 5.25. The van der Waals surface area contributed by atoms with Crippen LogP contribution in [0.25, 0.3) is 6.08 Å². The SMILES string of the molecule is O=C1/C(=C/c2ccccc2O)S/C(=N\N=C\c2ccc(Br)cc2)N1Cc1ccco1. The van der Waals surface area contributed by atoms with Gasteiger partial charge in [0.2, 0.25) is 0 Å². The highest BCUT2D eigenvalue weighted by Crippen LogP contribution is 2.35. The normalized spacial score (nSPS) is 17.0. The maximum absolute atomic E-state index is 13.0. The van der Waals surface area contributed by atoms with E-state index in [0.717, 1.165) is 10.0 Å². The summed E-state index contributed by atoms with van der Waals surface area (Å²) >= 11 is 4.60. The van der Waals surface area contributed by atoms with E-state index in [1.807, 2.05) is 24.3 Å². The van der Waals surface area contributed by atoms with Crippen molar-refractivity contribution in [2.75, 3.05) is 0 Å². The lowest BCUT2D eigenvalue weighted by Crippen LogP contribution is -2.28. The predicted molar refractivity (Wildman–Crippen MR) is 122 cm³/mol. The summed E-state index contributed by atoms with van der Waals surface area (Å²) in [4.78, 5) is 15.0. The van der Waals surface area contributed by atoms with E-state index in [-0.39, 0.29) is 18.2 Å². The van der Waals surface area contributed by atoms with Crippen molar-refractivity contribution in [1.82, 2.24) is 4.90 Å². The minimum Gasteiger partial charge on any atom is -0.507 e. The lowest BCUT2D eigenvalue weighted by molar-refractivity contribution is -0.122. The average molecular weight is 482 g/mol. The van der Waals surface area contributed by atoms with Crippen molar-refractivity contribution in [2.24, 2.45) is 10.2 Å². The molecule has 1 aliphatic rings. The van der Waals surface area contributed by atoms with E-state index >= 15 is 0 Å². The second kappa shape index (κ2) is 9.15. The Morgan fingerprint density at radius 1 is 1.10 bits per heavy atom. The largest absolute Gasteiger partial charge is 0.507 e.